The number of rotatable bonds is 5. The van der Waals surface area contributed by atoms with Crippen molar-refractivity contribution in [1.29, 1.82) is 0 Å². The summed E-state index contributed by atoms with van der Waals surface area (Å²) >= 11 is 1.74. The summed E-state index contributed by atoms with van der Waals surface area (Å²) in [5.41, 5.74) is 7.55. The molecular formula is C14H22N2O2S2. The minimum atomic E-state index is -3.45. The smallest absolute Gasteiger partial charge is 0.240 e. The Hall–Kier alpha value is -0.560. The number of hydrogen-bond donors (Lipinski definition) is 2. The maximum Gasteiger partial charge on any atom is 0.240 e. The topological polar surface area (TPSA) is 72.2 Å². The molecule has 0 spiro atoms. The van der Waals surface area contributed by atoms with Crippen LogP contribution in [0, 0.1) is 6.92 Å². The van der Waals surface area contributed by atoms with Gasteiger partial charge in [0, 0.05) is 17.8 Å². The van der Waals surface area contributed by atoms with E-state index in [1.54, 1.807) is 23.9 Å². The van der Waals surface area contributed by atoms with Crippen molar-refractivity contribution in [2.45, 2.75) is 48.9 Å². The molecule has 1 aromatic rings. The molecule has 1 saturated carbocycles. The highest BCUT2D eigenvalue weighted by Crippen LogP contribution is 2.29. The van der Waals surface area contributed by atoms with Gasteiger partial charge in [0.1, 0.15) is 0 Å². The van der Waals surface area contributed by atoms with Gasteiger partial charge in [0.15, 0.2) is 0 Å². The van der Waals surface area contributed by atoms with Gasteiger partial charge in [0.05, 0.1) is 4.90 Å². The van der Waals surface area contributed by atoms with Crippen LogP contribution in [0.3, 0.4) is 0 Å². The average molecular weight is 314 g/mol. The molecule has 1 aliphatic carbocycles. The van der Waals surface area contributed by atoms with Crippen molar-refractivity contribution >= 4 is 21.8 Å². The molecule has 0 aromatic heterocycles. The van der Waals surface area contributed by atoms with Crippen LogP contribution in [-0.4, -0.2) is 26.0 Å². The van der Waals surface area contributed by atoms with Crippen LogP contribution in [0.5, 0.6) is 0 Å². The fourth-order valence-corrected chi connectivity index (χ4v) is 5.03. The van der Waals surface area contributed by atoms with Crippen LogP contribution >= 0.6 is 11.8 Å². The summed E-state index contributed by atoms with van der Waals surface area (Å²) in [6.07, 6.45) is 5.12. The second-order valence-electron chi connectivity index (χ2n) is 5.23. The van der Waals surface area contributed by atoms with Gasteiger partial charge in [-0.3, -0.25) is 0 Å². The molecule has 0 bridgehead atoms. The first-order chi connectivity index (χ1) is 9.47. The number of sulfonamides is 1. The van der Waals surface area contributed by atoms with E-state index in [0.717, 1.165) is 30.4 Å². The number of hydrogen-bond acceptors (Lipinski definition) is 4. The normalized spacial score (nSPS) is 23.1. The lowest BCUT2D eigenvalue weighted by molar-refractivity contribution is 0.555. The molecule has 112 valence electrons. The molecule has 1 aromatic carbocycles. The Bertz CT molecular complexity index is 573. The van der Waals surface area contributed by atoms with E-state index in [-0.39, 0.29) is 6.04 Å². The van der Waals surface area contributed by atoms with Crippen LogP contribution in [0.15, 0.2) is 23.1 Å². The van der Waals surface area contributed by atoms with E-state index in [1.807, 2.05) is 19.2 Å². The molecule has 0 heterocycles. The summed E-state index contributed by atoms with van der Waals surface area (Å²) in [6, 6.07) is 5.19. The van der Waals surface area contributed by atoms with Crippen molar-refractivity contribution in [2.75, 3.05) is 6.26 Å². The van der Waals surface area contributed by atoms with E-state index in [1.165, 1.54) is 0 Å². The van der Waals surface area contributed by atoms with Crippen LogP contribution in [0.4, 0.5) is 0 Å². The first-order valence-electron chi connectivity index (χ1n) is 6.82. The molecule has 4 nitrogen and oxygen atoms in total. The summed E-state index contributed by atoms with van der Waals surface area (Å²) < 4.78 is 27.8. The van der Waals surface area contributed by atoms with Crippen molar-refractivity contribution in [3.8, 4) is 0 Å². The largest absolute Gasteiger partial charge is 0.326 e. The molecule has 1 fully saturated rings. The monoisotopic (exact) mass is 314 g/mol. The van der Waals surface area contributed by atoms with Crippen LogP contribution < -0.4 is 10.5 Å². The SMILES string of the molecule is CSC1CCCC1NS(=O)(=O)c1ccc(C)c(CN)c1. The number of aryl methyl sites for hydroxylation is 1. The molecule has 0 saturated heterocycles. The van der Waals surface area contributed by atoms with Gasteiger partial charge in [-0.2, -0.15) is 11.8 Å². The highest BCUT2D eigenvalue weighted by molar-refractivity contribution is 7.99. The Morgan fingerprint density at radius 1 is 1.40 bits per heavy atom. The van der Waals surface area contributed by atoms with Gasteiger partial charge in [-0.25, -0.2) is 13.1 Å². The lowest BCUT2D eigenvalue weighted by Gasteiger charge is -2.19. The first-order valence-corrected chi connectivity index (χ1v) is 9.59. The molecule has 0 amide bonds. The Morgan fingerprint density at radius 2 is 2.15 bits per heavy atom. The molecule has 3 N–H and O–H groups in total. The summed E-state index contributed by atoms with van der Waals surface area (Å²) in [7, 11) is -3.45. The molecule has 20 heavy (non-hydrogen) atoms. The molecule has 2 atom stereocenters. The van der Waals surface area contributed by atoms with E-state index in [9.17, 15) is 8.42 Å². The molecule has 6 heteroatoms. The number of nitrogens with one attached hydrogen (secondary N) is 1. The molecule has 1 aliphatic rings. The van der Waals surface area contributed by atoms with Gasteiger partial charge in [0.25, 0.3) is 0 Å². The summed E-state index contributed by atoms with van der Waals surface area (Å²) in [4.78, 5) is 0.315. The van der Waals surface area contributed by atoms with Crippen LogP contribution in [0.2, 0.25) is 0 Å². The fourth-order valence-electron chi connectivity index (χ4n) is 2.65. The van der Waals surface area contributed by atoms with Crippen molar-refractivity contribution in [3.05, 3.63) is 29.3 Å². The van der Waals surface area contributed by atoms with Crippen LogP contribution in [-0.2, 0) is 16.6 Å². The minimum absolute atomic E-state index is 0.0395. The predicted molar refractivity (Wildman–Crippen MR) is 84.3 cm³/mol. The highest BCUT2D eigenvalue weighted by atomic mass is 32.2. The Labute approximate surface area is 125 Å². The number of thioether (sulfide) groups is 1. The highest BCUT2D eigenvalue weighted by Gasteiger charge is 2.30. The Kier molecular flexibility index (Phi) is 5.12. The summed E-state index contributed by atoms with van der Waals surface area (Å²) in [6.45, 7) is 2.29. The Balaban J connectivity index is 2.22. The molecule has 0 radical (unpaired) electrons. The first kappa shape index (κ1) is 15.8. The van der Waals surface area contributed by atoms with Gasteiger partial charge < -0.3 is 5.73 Å². The summed E-state index contributed by atoms with van der Waals surface area (Å²) in [5, 5.41) is 0.379. The van der Waals surface area contributed by atoms with E-state index in [0.29, 0.717) is 16.7 Å². The number of benzene rings is 1. The maximum absolute atomic E-state index is 12.5. The van der Waals surface area contributed by atoms with Crippen LogP contribution in [0.25, 0.3) is 0 Å². The number of nitrogens with two attached hydrogens (primary N) is 1. The van der Waals surface area contributed by atoms with Crippen molar-refractivity contribution in [3.63, 3.8) is 0 Å². The van der Waals surface area contributed by atoms with Gasteiger partial charge in [-0.1, -0.05) is 12.5 Å². The Morgan fingerprint density at radius 3 is 2.80 bits per heavy atom. The quantitative estimate of drug-likeness (QED) is 0.872. The minimum Gasteiger partial charge on any atom is -0.326 e. The van der Waals surface area contributed by atoms with Crippen LogP contribution in [0.1, 0.15) is 30.4 Å². The van der Waals surface area contributed by atoms with Gasteiger partial charge in [0.2, 0.25) is 10.0 Å². The lowest BCUT2D eigenvalue weighted by atomic mass is 10.1. The van der Waals surface area contributed by atoms with E-state index in [4.69, 9.17) is 5.73 Å². The zero-order valence-electron chi connectivity index (χ0n) is 11.9. The van der Waals surface area contributed by atoms with E-state index in [2.05, 4.69) is 4.72 Å². The third-order valence-electron chi connectivity index (χ3n) is 3.91. The standard InChI is InChI=1S/C14H22N2O2S2/c1-10-6-7-12(8-11(10)9-15)20(17,18)16-13-4-3-5-14(13)19-2/h6-8,13-14,16H,3-5,9,15H2,1-2H3. The van der Waals surface area contributed by atoms with E-state index < -0.39 is 10.0 Å². The molecule has 2 unspecified atom stereocenters. The van der Waals surface area contributed by atoms with Crippen molar-refractivity contribution < 1.29 is 8.42 Å². The second kappa shape index (κ2) is 6.47. The fraction of sp³-hybridized carbons (Fsp3) is 0.571. The average Bonchev–Trinajstić information content (AvgIpc) is 2.85. The lowest BCUT2D eigenvalue weighted by Crippen LogP contribution is -2.38. The second-order valence-corrected chi connectivity index (χ2v) is 8.02. The third-order valence-corrected chi connectivity index (χ3v) is 6.57. The zero-order chi connectivity index (χ0) is 14.8. The van der Waals surface area contributed by atoms with Gasteiger partial charge in [-0.15, -0.1) is 0 Å². The summed E-state index contributed by atoms with van der Waals surface area (Å²) in [5.74, 6) is 0. The molecular weight excluding hydrogens is 292 g/mol. The third kappa shape index (κ3) is 3.36. The molecule has 0 aliphatic heterocycles. The van der Waals surface area contributed by atoms with Crippen molar-refractivity contribution in [1.82, 2.24) is 4.72 Å². The zero-order valence-corrected chi connectivity index (χ0v) is 13.6. The predicted octanol–water partition coefficient (Wildman–Crippen LogP) is 2.02. The van der Waals surface area contributed by atoms with Crippen molar-refractivity contribution in [2.24, 2.45) is 5.73 Å². The maximum atomic E-state index is 12.5. The van der Waals surface area contributed by atoms with Gasteiger partial charge >= 0.3 is 0 Å². The molecule has 2 rings (SSSR count). The van der Waals surface area contributed by atoms with E-state index >= 15 is 0 Å². The van der Waals surface area contributed by atoms with Gasteiger partial charge in [-0.05, 0) is 49.3 Å².